The Kier molecular flexibility index (Phi) is 2.36. The van der Waals surface area contributed by atoms with Gasteiger partial charge in [0.15, 0.2) is 0 Å². The topological polar surface area (TPSA) is 97.6 Å². The molecule has 2 aromatic heterocycles. The molecule has 78 valence electrons. The molecule has 0 unspecified atom stereocenters. The van der Waals surface area contributed by atoms with E-state index in [2.05, 4.69) is 9.97 Å². The van der Waals surface area contributed by atoms with Crippen LogP contribution in [0.15, 0.2) is 30.7 Å². The number of anilines is 1. The minimum absolute atomic E-state index is 0.111. The van der Waals surface area contributed by atoms with Crippen LogP contribution in [0.5, 0.6) is 0 Å². The third-order valence-corrected chi connectivity index (χ3v) is 2.01. The van der Waals surface area contributed by atoms with Gasteiger partial charge in [-0.1, -0.05) is 0 Å². The van der Waals surface area contributed by atoms with Gasteiger partial charge in [-0.3, -0.25) is 9.36 Å². The fraction of sp³-hybridized carbons (Fsp3) is 0. The van der Waals surface area contributed by atoms with Gasteiger partial charge in [0, 0.05) is 24.2 Å². The fourth-order valence-corrected chi connectivity index (χ4v) is 1.25. The molecule has 0 aliphatic carbocycles. The summed E-state index contributed by atoms with van der Waals surface area (Å²) in [6, 6.07) is 4.78. The van der Waals surface area contributed by atoms with E-state index in [1.807, 2.05) is 6.07 Å². The number of imidazole rings is 1. The summed E-state index contributed by atoms with van der Waals surface area (Å²) in [6.45, 7) is 0. The van der Waals surface area contributed by atoms with E-state index >= 15 is 0 Å². The Balaban J connectivity index is 2.43. The van der Waals surface area contributed by atoms with Gasteiger partial charge in [-0.05, 0) is 12.1 Å². The monoisotopic (exact) mass is 213 g/mol. The zero-order valence-corrected chi connectivity index (χ0v) is 8.16. The summed E-state index contributed by atoms with van der Waals surface area (Å²) < 4.78 is 1.20. The highest BCUT2D eigenvalue weighted by atomic mass is 16.2. The summed E-state index contributed by atoms with van der Waals surface area (Å²) >= 11 is 0. The number of nitrogens with two attached hydrogens (primary N) is 1. The Morgan fingerprint density at radius 3 is 2.88 bits per heavy atom. The first kappa shape index (κ1) is 9.86. The highest BCUT2D eigenvalue weighted by Crippen LogP contribution is 2.07. The van der Waals surface area contributed by atoms with Crippen molar-refractivity contribution in [2.75, 3.05) is 5.73 Å². The van der Waals surface area contributed by atoms with Crippen LogP contribution in [0.1, 0.15) is 16.1 Å². The van der Waals surface area contributed by atoms with Crippen molar-refractivity contribution in [2.45, 2.75) is 0 Å². The zero-order chi connectivity index (χ0) is 11.5. The molecule has 6 nitrogen and oxygen atoms in total. The minimum Gasteiger partial charge on any atom is -0.369 e. The molecule has 2 rings (SSSR count). The highest BCUT2D eigenvalue weighted by Gasteiger charge is 2.11. The Bertz CT molecular complexity index is 581. The summed E-state index contributed by atoms with van der Waals surface area (Å²) in [5, 5.41) is 8.66. The van der Waals surface area contributed by atoms with E-state index in [4.69, 9.17) is 11.0 Å². The Morgan fingerprint density at radius 2 is 2.25 bits per heavy atom. The second-order valence-electron chi connectivity index (χ2n) is 3.00. The number of carbonyl (C=O) groups excluding carboxylic acids is 1. The lowest BCUT2D eigenvalue weighted by Crippen LogP contribution is -2.14. The molecule has 2 N–H and O–H groups in total. The van der Waals surface area contributed by atoms with E-state index in [1.165, 1.54) is 35.3 Å². The van der Waals surface area contributed by atoms with Gasteiger partial charge in [-0.2, -0.15) is 5.26 Å². The van der Waals surface area contributed by atoms with Crippen LogP contribution in [0.25, 0.3) is 0 Å². The number of nitrogens with zero attached hydrogens (tertiary/aromatic N) is 4. The third kappa shape index (κ3) is 1.62. The molecule has 0 atom stereocenters. The first-order chi connectivity index (χ1) is 7.72. The first-order valence-corrected chi connectivity index (χ1v) is 4.42. The molecule has 0 amide bonds. The van der Waals surface area contributed by atoms with E-state index in [1.54, 1.807) is 0 Å². The SMILES string of the molecule is N#Cc1cc(C(=O)n2ccnc2N)ccn1. The van der Waals surface area contributed by atoms with Crippen molar-refractivity contribution in [3.05, 3.63) is 42.0 Å². The number of pyridine rings is 1. The summed E-state index contributed by atoms with van der Waals surface area (Å²) in [7, 11) is 0. The van der Waals surface area contributed by atoms with Gasteiger partial charge in [0.2, 0.25) is 5.95 Å². The molecule has 0 bridgehead atoms. The van der Waals surface area contributed by atoms with Crippen molar-refractivity contribution >= 4 is 11.9 Å². The summed E-state index contributed by atoms with van der Waals surface area (Å²) in [5.41, 5.74) is 6.03. The van der Waals surface area contributed by atoms with Crippen molar-refractivity contribution in [1.82, 2.24) is 14.5 Å². The van der Waals surface area contributed by atoms with Gasteiger partial charge in [0.05, 0.1) is 0 Å². The van der Waals surface area contributed by atoms with Crippen LogP contribution in [0.4, 0.5) is 5.95 Å². The largest absolute Gasteiger partial charge is 0.369 e. The number of hydrogen-bond acceptors (Lipinski definition) is 5. The van der Waals surface area contributed by atoms with Gasteiger partial charge in [0.1, 0.15) is 11.8 Å². The lowest BCUT2D eigenvalue weighted by Gasteiger charge is -2.02. The molecule has 16 heavy (non-hydrogen) atoms. The number of nitriles is 1. The minimum atomic E-state index is -0.339. The smallest absolute Gasteiger partial charge is 0.264 e. The molecule has 2 heterocycles. The Morgan fingerprint density at radius 1 is 1.44 bits per heavy atom. The molecule has 0 saturated carbocycles. The standard InChI is InChI=1S/C10H7N5O/c11-6-8-5-7(1-2-13-8)9(16)15-4-3-14-10(15)12/h1-5H,(H2,12,14). The van der Waals surface area contributed by atoms with Gasteiger partial charge in [-0.25, -0.2) is 9.97 Å². The number of nitrogen functional groups attached to an aromatic ring is 1. The fourth-order valence-electron chi connectivity index (χ4n) is 1.25. The number of carbonyl (C=O) groups is 1. The quantitative estimate of drug-likeness (QED) is 0.740. The molecule has 0 aliphatic rings. The maximum Gasteiger partial charge on any atom is 0.264 e. The van der Waals surface area contributed by atoms with E-state index < -0.39 is 0 Å². The van der Waals surface area contributed by atoms with Crippen molar-refractivity contribution in [3.63, 3.8) is 0 Å². The normalized spacial score (nSPS) is 9.69. The van der Waals surface area contributed by atoms with Crippen molar-refractivity contribution in [3.8, 4) is 6.07 Å². The lowest BCUT2D eigenvalue weighted by atomic mass is 10.2. The second-order valence-corrected chi connectivity index (χ2v) is 3.00. The van der Waals surface area contributed by atoms with E-state index in [0.717, 1.165) is 0 Å². The zero-order valence-electron chi connectivity index (χ0n) is 8.16. The number of rotatable bonds is 1. The van der Waals surface area contributed by atoms with Gasteiger partial charge < -0.3 is 5.73 Å². The maximum absolute atomic E-state index is 11.9. The van der Waals surface area contributed by atoms with Gasteiger partial charge in [-0.15, -0.1) is 0 Å². The molecule has 0 aromatic carbocycles. The third-order valence-electron chi connectivity index (χ3n) is 2.01. The first-order valence-electron chi connectivity index (χ1n) is 4.42. The van der Waals surface area contributed by atoms with Gasteiger partial charge >= 0.3 is 0 Å². The molecular weight excluding hydrogens is 206 g/mol. The van der Waals surface area contributed by atoms with Crippen molar-refractivity contribution < 1.29 is 4.79 Å². The van der Waals surface area contributed by atoms with Crippen LogP contribution < -0.4 is 5.73 Å². The molecule has 0 fully saturated rings. The molecule has 0 radical (unpaired) electrons. The summed E-state index contributed by atoms with van der Waals surface area (Å²) in [6.07, 6.45) is 4.29. The predicted molar refractivity (Wildman–Crippen MR) is 55.3 cm³/mol. The predicted octanol–water partition coefficient (Wildman–Crippen LogP) is 0.420. The average Bonchev–Trinajstić information content (AvgIpc) is 2.74. The number of hydrogen-bond donors (Lipinski definition) is 1. The van der Waals surface area contributed by atoms with Crippen molar-refractivity contribution in [2.24, 2.45) is 0 Å². The molecule has 2 aromatic rings. The molecular formula is C10H7N5O. The van der Waals surface area contributed by atoms with Crippen molar-refractivity contribution in [1.29, 1.82) is 5.26 Å². The molecule has 0 spiro atoms. The molecule has 0 saturated heterocycles. The Hall–Kier alpha value is -2.68. The van der Waals surface area contributed by atoms with Crippen LogP contribution >= 0.6 is 0 Å². The average molecular weight is 213 g/mol. The van der Waals surface area contributed by atoms with Crippen LogP contribution in [0.2, 0.25) is 0 Å². The molecule has 6 heteroatoms. The Labute approximate surface area is 91.0 Å². The van der Waals surface area contributed by atoms with E-state index in [9.17, 15) is 4.79 Å². The van der Waals surface area contributed by atoms with E-state index in [-0.39, 0.29) is 17.5 Å². The van der Waals surface area contributed by atoms with Crippen LogP contribution in [-0.4, -0.2) is 20.4 Å². The maximum atomic E-state index is 11.9. The lowest BCUT2D eigenvalue weighted by molar-refractivity contribution is 0.0962. The van der Waals surface area contributed by atoms with Gasteiger partial charge in [0.25, 0.3) is 5.91 Å². The van der Waals surface area contributed by atoms with Crippen LogP contribution in [0.3, 0.4) is 0 Å². The van der Waals surface area contributed by atoms with Crippen LogP contribution in [0, 0.1) is 11.3 Å². The highest BCUT2D eigenvalue weighted by molar-refractivity contribution is 5.97. The van der Waals surface area contributed by atoms with Crippen LogP contribution in [-0.2, 0) is 0 Å². The molecule has 0 aliphatic heterocycles. The summed E-state index contributed by atoms with van der Waals surface area (Å²) in [4.78, 5) is 19.4. The van der Waals surface area contributed by atoms with E-state index in [0.29, 0.717) is 5.56 Å². The number of aromatic nitrogens is 3. The second kappa shape index (κ2) is 3.82. The summed E-state index contributed by atoms with van der Waals surface area (Å²) in [5.74, 6) is -0.228.